The molecule has 1 N–H and O–H groups in total. The Bertz CT molecular complexity index is 881. The van der Waals surface area contributed by atoms with E-state index >= 15 is 0 Å². The fourth-order valence-corrected chi connectivity index (χ4v) is 3.44. The zero-order valence-corrected chi connectivity index (χ0v) is 13.7. The summed E-state index contributed by atoms with van der Waals surface area (Å²) in [7, 11) is 0. The van der Waals surface area contributed by atoms with Crippen LogP contribution in [0.15, 0.2) is 66.7 Å². The molecule has 0 bridgehead atoms. The van der Waals surface area contributed by atoms with Crippen molar-refractivity contribution in [3.8, 4) is 28.0 Å². The van der Waals surface area contributed by atoms with E-state index in [9.17, 15) is 5.11 Å². The normalized spacial score (nSPS) is 13.2. The second kappa shape index (κ2) is 6.14. The van der Waals surface area contributed by atoms with Gasteiger partial charge in [0.15, 0.2) is 0 Å². The number of fused-ring (bicyclic) bond motifs is 3. The van der Waals surface area contributed by atoms with Gasteiger partial charge < -0.3 is 9.84 Å². The molecule has 0 radical (unpaired) electrons. The molecule has 24 heavy (non-hydrogen) atoms. The van der Waals surface area contributed by atoms with Crippen molar-refractivity contribution < 1.29 is 9.84 Å². The van der Waals surface area contributed by atoms with E-state index in [4.69, 9.17) is 4.74 Å². The van der Waals surface area contributed by atoms with E-state index in [1.165, 1.54) is 27.8 Å². The van der Waals surface area contributed by atoms with Crippen LogP contribution in [0.4, 0.5) is 0 Å². The van der Waals surface area contributed by atoms with E-state index in [0.29, 0.717) is 6.61 Å². The van der Waals surface area contributed by atoms with Crippen LogP contribution >= 0.6 is 0 Å². The highest BCUT2D eigenvalue weighted by atomic mass is 16.5. The Labute approximate surface area is 142 Å². The zero-order valence-electron chi connectivity index (χ0n) is 13.7. The highest BCUT2D eigenvalue weighted by molar-refractivity contribution is 5.91. The third-order valence-electron chi connectivity index (χ3n) is 4.48. The Kier molecular flexibility index (Phi) is 3.83. The van der Waals surface area contributed by atoms with E-state index in [1.807, 2.05) is 18.2 Å². The maximum atomic E-state index is 9.54. The monoisotopic (exact) mass is 316 g/mol. The Morgan fingerprint density at radius 2 is 1.50 bits per heavy atom. The van der Waals surface area contributed by atoms with Crippen LogP contribution < -0.4 is 4.74 Å². The molecule has 1 atom stereocenters. The average Bonchev–Trinajstić information content (AvgIpc) is 2.99. The topological polar surface area (TPSA) is 29.5 Å². The molecule has 120 valence electrons. The van der Waals surface area contributed by atoms with Crippen molar-refractivity contribution in [2.75, 3.05) is 6.61 Å². The Morgan fingerprint density at radius 3 is 2.33 bits per heavy atom. The summed E-state index contributed by atoms with van der Waals surface area (Å²) < 4.78 is 5.85. The molecule has 0 heterocycles. The third-order valence-corrected chi connectivity index (χ3v) is 4.48. The van der Waals surface area contributed by atoms with Crippen LogP contribution in [0.1, 0.15) is 18.1 Å². The number of para-hydroxylation sites is 1. The lowest BCUT2D eigenvalue weighted by atomic mass is 9.94. The van der Waals surface area contributed by atoms with Crippen LogP contribution in [0.2, 0.25) is 0 Å². The summed E-state index contributed by atoms with van der Waals surface area (Å²) in [6, 6.07) is 23.1. The molecule has 0 fully saturated rings. The molecule has 2 nitrogen and oxygen atoms in total. The lowest BCUT2D eigenvalue weighted by Gasteiger charge is -2.16. The van der Waals surface area contributed by atoms with Crippen molar-refractivity contribution in [2.45, 2.75) is 19.4 Å². The van der Waals surface area contributed by atoms with Crippen LogP contribution in [0.5, 0.6) is 5.75 Å². The predicted molar refractivity (Wildman–Crippen MR) is 97.3 cm³/mol. The first-order valence-corrected chi connectivity index (χ1v) is 8.34. The van der Waals surface area contributed by atoms with Crippen LogP contribution in [0.25, 0.3) is 22.3 Å². The SMILES string of the molecule is CC(O)COc1ccccc1-c1cccc2c1-c1ccccc1C2. The summed E-state index contributed by atoms with van der Waals surface area (Å²) in [5.41, 5.74) is 7.63. The van der Waals surface area contributed by atoms with Gasteiger partial charge in [-0.2, -0.15) is 0 Å². The van der Waals surface area contributed by atoms with Gasteiger partial charge in [-0.1, -0.05) is 60.7 Å². The first kappa shape index (κ1) is 15.0. The maximum Gasteiger partial charge on any atom is 0.127 e. The Balaban J connectivity index is 1.85. The minimum absolute atomic E-state index is 0.294. The molecule has 0 aliphatic heterocycles. The van der Waals surface area contributed by atoms with Gasteiger partial charge in [-0.25, -0.2) is 0 Å². The van der Waals surface area contributed by atoms with E-state index in [1.54, 1.807) is 6.92 Å². The van der Waals surface area contributed by atoms with Gasteiger partial charge in [0, 0.05) is 5.56 Å². The molecule has 0 amide bonds. The Morgan fingerprint density at radius 1 is 0.833 bits per heavy atom. The second-order valence-electron chi connectivity index (χ2n) is 6.33. The van der Waals surface area contributed by atoms with Gasteiger partial charge in [0.05, 0.1) is 6.10 Å². The quantitative estimate of drug-likeness (QED) is 0.592. The highest BCUT2D eigenvalue weighted by Gasteiger charge is 2.22. The van der Waals surface area contributed by atoms with Crippen molar-refractivity contribution in [1.82, 2.24) is 0 Å². The number of hydrogen-bond acceptors (Lipinski definition) is 2. The first-order valence-electron chi connectivity index (χ1n) is 8.34. The highest BCUT2D eigenvalue weighted by Crippen LogP contribution is 2.44. The molecule has 0 spiro atoms. The number of hydrogen-bond donors (Lipinski definition) is 1. The zero-order chi connectivity index (χ0) is 16.5. The van der Waals surface area contributed by atoms with Crippen molar-refractivity contribution in [1.29, 1.82) is 0 Å². The molecule has 0 aromatic heterocycles. The number of benzene rings is 3. The standard InChI is InChI=1S/C22H20O2/c1-15(23)14-24-21-12-5-4-10-19(21)20-11-6-8-17-13-16-7-2-3-9-18(16)22(17)20/h2-12,15,23H,13-14H2,1H3. The van der Waals surface area contributed by atoms with E-state index < -0.39 is 6.10 Å². The molecular formula is C22H20O2. The average molecular weight is 316 g/mol. The fraction of sp³-hybridized carbons (Fsp3) is 0.182. The molecule has 0 saturated heterocycles. The summed E-state index contributed by atoms with van der Waals surface area (Å²) in [5.74, 6) is 0.816. The molecule has 1 unspecified atom stereocenters. The van der Waals surface area contributed by atoms with E-state index in [-0.39, 0.29) is 0 Å². The van der Waals surface area contributed by atoms with Gasteiger partial charge in [-0.3, -0.25) is 0 Å². The first-order chi connectivity index (χ1) is 11.7. The molecule has 1 aliphatic rings. The maximum absolute atomic E-state index is 9.54. The van der Waals surface area contributed by atoms with E-state index in [2.05, 4.69) is 48.5 Å². The molecule has 3 aromatic rings. The van der Waals surface area contributed by atoms with Gasteiger partial charge in [0.25, 0.3) is 0 Å². The van der Waals surface area contributed by atoms with Gasteiger partial charge >= 0.3 is 0 Å². The van der Waals surface area contributed by atoms with Crippen LogP contribution in [0, 0.1) is 0 Å². The summed E-state index contributed by atoms with van der Waals surface area (Å²) in [5, 5.41) is 9.54. The summed E-state index contributed by atoms with van der Waals surface area (Å²) in [6.07, 6.45) is 0.496. The van der Waals surface area contributed by atoms with Gasteiger partial charge in [-0.05, 0) is 47.2 Å². The third kappa shape index (κ3) is 2.59. The summed E-state index contributed by atoms with van der Waals surface area (Å²) >= 11 is 0. The van der Waals surface area contributed by atoms with Gasteiger partial charge in [0.1, 0.15) is 12.4 Å². The van der Waals surface area contributed by atoms with Crippen molar-refractivity contribution in [3.05, 3.63) is 77.9 Å². The number of aliphatic hydroxyl groups is 1. The van der Waals surface area contributed by atoms with Gasteiger partial charge in [-0.15, -0.1) is 0 Å². The number of aliphatic hydroxyl groups excluding tert-OH is 1. The van der Waals surface area contributed by atoms with Crippen LogP contribution in [-0.4, -0.2) is 17.8 Å². The number of ether oxygens (including phenoxy) is 1. The van der Waals surface area contributed by atoms with Crippen molar-refractivity contribution in [3.63, 3.8) is 0 Å². The summed E-state index contributed by atoms with van der Waals surface area (Å²) in [4.78, 5) is 0. The van der Waals surface area contributed by atoms with Crippen LogP contribution in [0.3, 0.4) is 0 Å². The molecule has 0 saturated carbocycles. The Hall–Kier alpha value is -2.58. The largest absolute Gasteiger partial charge is 0.490 e. The minimum atomic E-state index is -0.486. The molecule has 2 heteroatoms. The number of rotatable bonds is 4. The fourth-order valence-electron chi connectivity index (χ4n) is 3.44. The summed E-state index contributed by atoms with van der Waals surface area (Å²) in [6.45, 7) is 2.03. The van der Waals surface area contributed by atoms with Crippen molar-refractivity contribution >= 4 is 0 Å². The molecule has 3 aromatic carbocycles. The van der Waals surface area contributed by atoms with Crippen LogP contribution in [-0.2, 0) is 6.42 Å². The van der Waals surface area contributed by atoms with Crippen molar-refractivity contribution in [2.24, 2.45) is 0 Å². The lowest BCUT2D eigenvalue weighted by Crippen LogP contribution is -2.13. The molecule has 4 rings (SSSR count). The van der Waals surface area contributed by atoms with E-state index in [0.717, 1.165) is 17.7 Å². The predicted octanol–water partition coefficient (Wildman–Crippen LogP) is 4.68. The lowest BCUT2D eigenvalue weighted by molar-refractivity contribution is 0.123. The van der Waals surface area contributed by atoms with Gasteiger partial charge in [0.2, 0.25) is 0 Å². The second-order valence-corrected chi connectivity index (χ2v) is 6.33. The minimum Gasteiger partial charge on any atom is -0.490 e. The molecular weight excluding hydrogens is 296 g/mol. The molecule has 1 aliphatic carbocycles. The smallest absolute Gasteiger partial charge is 0.127 e.